The molecule has 8 heteroatoms. The Morgan fingerprint density at radius 2 is 1.75 bits per heavy atom. The summed E-state index contributed by atoms with van der Waals surface area (Å²) in [5, 5.41) is 6.64. The van der Waals surface area contributed by atoms with Crippen molar-refractivity contribution >= 4 is 35.8 Å². The number of rotatable bonds is 5. The van der Waals surface area contributed by atoms with Crippen LogP contribution in [0.3, 0.4) is 0 Å². The number of halogens is 1. The fourth-order valence-electron chi connectivity index (χ4n) is 3.30. The second-order valence-corrected chi connectivity index (χ2v) is 6.69. The fourth-order valence-corrected chi connectivity index (χ4v) is 3.30. The maximum atomic E-state index is 5.42. The number of aromatic nitrogens is 1. The lowest BCUT2D eigenvalue weighted by atomic mass is 10.2. The lowest BCUT2D eigenvalue weighted by molar-refractivity contribution is 0.174. The van der Waals surface area contributed by atoms with Crippen LogP contribution in [-0.2, 0) is 13.1 Å². The lowest BCUT2D eigenvalue weighted by Crippen LogP contribution is -2.36. The van der Waals surface area contributed by atoms with E-state index in [0.717, 1.165) is 47.5 Å². The van der Waals surface area contributed by atoms with E-state index in [2.05, 4.69) is 37.6 Å². The molecule has 0 atom stereocenters. The molecule has 150 valence electrons. The van der Waals surface area contributed by atoms with Gasteiger partial charge in [0, 0.05) is 39.4 Å². The lowest BCUT2D eigenvalue weighted by Gasteiger charge is -2.16. The van der Waals surface area contributed by atoms with Crippen LogP contribution in [0, 0.1) is 0 Å². The predicted molar refractivity (Wildman–Crippen MR) is 121 cm³/mol. The van der Waals surface area contributed by atoms with Crippen LogP contribution in [0.5, 0.6) is 11.5 Å². The summed E-state index contributed by atoms with van der Waals surface area (Å²) in [5.41, 5.74) is 2.24. The Bertz CT molecular complexity index is 807. The molecule has 1 saturated heterocycles. The largest absolute Gasteiger partial charge is 0.454 e. The zero-order chi connectivity index (χ0) is 18.5. The molecule has 0 saturated carbocycles. The molecule has 2 N–H and O–H groups in total. The first-order valence-electron chi connectivity index (χ1n) is 9.35. The summed E-state index contributed by atoms with van der Waals surface area (Å²) in [6.07, 6.45) is 4.46. The van der Waals surface area contributed by atoms with Gasteiger partial charge < -0.3 is 25.0 Å². The van der Waals surface area contributed by atoms with Crippen molar-refractivity contribution in [2.24, 2.45) is 4.99 Å². The van der Waals surface area contributed by atoms with E-state index < -0.39 is 0 Å². The van der Waals surface area contributed by atoms with Crippen LogP contribution in [0.1, 0.15) is 24.0 Å². The molecule has 3 heterocycles. The molecule has 0 bridgehead atoms. The molecular weight excluding hydrogens is 469 g/mol. The van der Waals surface area contributed by atoms with E-state index >= 15 is 0 Å². The zero-order valence-electron chi connectivity index (χ0n) is 16.0. The Labute approximate surface area is 182 Å². The van der Waals surface area contributed by atoms with Gasteiger partial charge >= 0.3 is 0 Å². The second kappa shape index (κ2) is 9.81. The number of pyridine rings is 1. The van der Waals surface area contributed by atoms with Crippen molar-refractivity contribution in [3.8, 4) is 11.5 Å². The second-order valence-electron chi connectivity index (χ2n) is 6.69. The third-order valence-electron chi connectivity index (χ3n) is 4.82. The monoisotopic (exact) mass is 495 g/mol. The average Bonchev–Trinajstić information content (AvgIpc) is 3.40. The normalized spacial score (nSPS) is 15.3. The van der Waals surface area contributed by atoms with Crippen molar-refractivity contribution in [2.75, 3.05) is 31.8 Å². The van der Waals surface area contributed by atoms with Crippen molar-refractivity contribution in [3.63, 3.8) is 0 Å². The molecule has 2 aliphatic rings. The Morgan fingerprint density at radius 1 is 1.04 bits per heavy atom. The van der Waals surface area contributed by atoms with Gasteiger partial charge in [-0.2, -0.15) is 0 Å². The van der Waals surface area contributed by atoms with Gasteiger partial charge in [0.2, 0.25) is 6.79 Å². The zero-order valence-corrected chi connectivity index (χ0v) is 18.3. The standard InChI is InChI=1S/C20H25N5O2.HI/c1-21-20(23-11-15-4-6-17-18(10-15)27-14-26-17)24-13-16-5-7-19(22-12-16)25-8-2-3-9-25;/h4-7,10,12H,2-3,8-9,11,13-14H2,1H3,(H2,21,23,24);1H. The van der Waals surface area contributed by atoms with E-state index in [1.165, 1.54) is 12.8 Å². The number of ether oxygens (including phenoxy) is 2. The third-order valence-corrected chi connectivity index (χ3v) is 4.82. The SMILES string of the molecule is CN=C(NCc1ccc(N2CCCC2)nc1)NCc1ccc2c(c1)OCO2.I. The molecule has 1 aromatic heterocycles. The van der Waals surface area contributed by atoms with E-state index in [4.69, 9.17) is 9.47 Å². The molecule has 0 amide bonds. The van der Waals surface area contributed by atoms with Crippen LogP contribution in [-0.4, -0.2) is 37.9 Å². The van der Waals surface area contributed by atoms with Crippen molar-refractivity contribution < 1.29 is 9.47 Å². The summed E-state index contributed by atoms with van der Waals surface area (Å²) < 4.78 is 10.8. The molecule has 0 spiro atoms. The maximum Gasteiger partial charge on any atom is 0.231 e. The Hall–Kier alpha value is -2.23. The molecule has 7 nitrogen and oxygen atoms in total. The average molecular weight is 495 g/mol. The molecule has 0 unspecified atom stereocenters. The minimum absolute atomic E-state index is 0. The minimum Gasteiger partial charge on any atom is -0.454 e. The number of nitrogens with zero attached hydrogens (tertiary/aromatic N) is 3. The number of benzene rings is 1. The number of anilines is 1. The highest BCUT2D eigenvalue weighted by molar-refractivity contribution is 14.0. The Morgan fingerprint density at radius 3 is 2.46 bits per heavy atom. The van der Waals surface area contributed by atoms with Crippen LogP contribution < -0.4 is 25.0 Å². The molecule has 1 aromatic carbocycles. The van der Waals surface area contributed by atoms with Gasteiger partial charge in [-0.25, -0.2) is 4.98 Å². The van der Waals surface area contributed by atoms with Crippen LogP contribution in [0.2, 0.25) is 0 Å². The first kappa shape index (κ1) is 20.5. The maximum absolute atomic E-state index is 5.42. The predicted octanol–water partition coefficient (Wildman–Crippen LogP) is 2.89. The molecule has 4 rings (SSSR count). The number of fused-ring (bicyclic) bond motifs is 1. The minimum atomic E-state index is 0. The first-order chi connectivity index (χ1) is 13.3. The van der Waals surface area contributed by atoms with Crippen LogP contribution >= 0.6 is 24.0 Å². The van der Waals surface area contributed by atoms with Gasteiger partial charge in [-0.05, 0) is 42.2 Å². The smallest absolute Gasteiger partial charge is 0.231 e. The van der Waals surface area contributed by atoms with E-state index in [1.54, 1.807) is 7.05 Å². The van der Waals surface area contributed by atoms with E-state index in [-0.39, 0.29) is 24.0 Å². The van der Waals surface area contributed by atoms with Gasteiger partial charge in [0.15, 0.2) is 17.5 Å². The van der Waals surface area contributed by atoms with Gasteiger partial charge in [0.05, 0.1) is 0 Å². The van der Waals surface area contributed by atoms with Gasteiger partial charge in [0.25, 0.3) is 0 Å². The van der Waals surface area contributed by atoms with Gasteiger partial charge in [-0.15, -0.1) is 24.0 Å². The number of hydrogen-bond donors (Lipinski definition) is 2. The molecule has 1 fully saturated rings. The topological polar surface area (TPSA) is 71.0 Å². The molecule has 2 aliphatic heterocycles. The Kier molecular flexibility index (Phi) is 7.18. The highest BCUT2D eigenvalue weighted by atomic mass is 127. The number of nitrogens with one attached hydrogen (secondary N) is 2. The van der Waals surface area contributed by atoms with Crippen molar-refractivity contribution in [1.82, 2.24) is 15.6 Å². The summed E-state index contributed by atoms with van der Waals surface area (Å²) in [5.74, 6) is 3.41. The molecule has 28 heavy (non-hydrogen) atoms. The quantitative estimate of drug-likeness (QED) is 0.378. The first-order valence-corrected chi connectivity index (χ1v) is 9.35. The van der Waals surface area contributed by atoms with E-state index in [9.17, 15) is 0 Å². The summed E-state index contributed by atoms with van der Waals surface area (Å²) in [6, 6.07) is 10.2. The molecule has 2 aromatic rings. The highest BCUT2D eigenvalue weighted by Gasteiger charge is 2.14. The van der Waals surface area contributed by atoms with E-state index in [1.807, 2.05) is 24.4 Å². The van der Waals surface area contributed by atoms with Crippen molar-refractivity contribution in [1.29, 1.82) is 0 Å². The van der Waals surface area contributed by atoms with Crippen LogP contribution in [0.4, 0.5) is 5.82 Å². The van der Waals surface area contributed by atoms with Crippen LogP contribution in [0.25, 0.3) is 0 Å². The van der Waals surface area contributed by atoms with E-state index in [0.29, 0.717) is 19.9 Å². The fraction of sp³-hybridized carbons (Fsp3) is 0.400. The molecule has 0 aliphatic carbocycles. The highest BCUT2D eigenvalue weighted by Crippen LogP contribution is 2.32. The number of aliphatic imine (C=N–C) groups is 1. The third kappa shape index (κ3) is 4.98. The summed E-state index contributed by atoms with van der Waals surface area (Å²) in [6.45, 7) is 3.85. The molecular formula is C20H26IN5O2. The number of hydrogen-bond acceptors (Lipinski definition) is 5. The molecule has 0 radical (unpaired) electrons. The summed E-state index contributed by atoms with van der Waals surface area (Å²) >= 11 is 0. The summed E-state index contributed by atoms with van der Waals surface area (Å²) in [4.78, 5) is 11.2. The number of guanidine groups is 1. The van der Waals surface area contributed by atoms with Gasteiger partial charge in [-0.3, -0.25) is 4.99 Å². The van der Waals surface area contributed by atoms with Crippen molar-refractivity contribution in [2.45, 2.75) is 25.9 Å². The van der Waals surface area contributed by atoms with Crippen LogP contribution in [0.15, 0.2) is 41.5 Å². The Balaban J connectivity index is 0.00000225. The summed E-state index contributed by atoms with van der Waals surface area (Å²) in [7, 11) is 1.77. The van der Waals surface area contributed by atoms with Gasteiger partial charge in [0.1, 0.15) is 5.82 Å². The van der Waals surface area contributed by atoms with Gasteiger partial charge in [-0.1, -0.05) is 12.1 Å². The van der Waals surface area contributed by atoms with Crippen molar-refractivity contribution in [3.05, 3.63) is 47.7 Å².